The number of anilines is 1. The Bertz CT molecular complexity index is 216. The second-order valence-electron chi connectivity index (χ2n) is 3.57. The summed E-state index contributed by atoms with van der Waals surface area (Å²) < 4.78 is 0. The Morgan fingerprint density at radius 3 is 2.83 bits per heavy atom. The van der Waals surface area contributed by atoms with Gasteiger partial charge in [0.1, 0.15) is 5.82 Å². The van der Waals surface area contributed by atoms with Crippen LogP contribution in [0.1, 0.15) is 20.3 Å². The Hall–Kier alpha value is -0.960. The van der Waals surface area contributed by atoms with Crippen molar-refractivity contribution in [3.05, 3.63) is 18.3 Å². The molecule has 1 rings (SSSR count). The number of aromatic amines is 1. The molecule has 3 nitrogen and oxygen atoms in total. The van der Waals surface area contributed by atoms with E-state index in [4.69, 9.17) is 5.11 Å². The Labute approximate surface area is 72.8 Å². The van der Waals surface area contributed by atoms with Gasteiger partial charge in [0.25, 0.3) is 0 Å². The van der Waals surface area contributed by atoms with Gasteiger partial charge in [-0.15, -0.1) is 0 Å². The largest absolute Gasteiger partial charge is 0.396 e. The lowest BCUT2D eigenvalue weighted by Gasteiger charge is -2.25. The van der Waals surface area contributed by atoms with Crippen molar-refractivity contribution < 1.29 is 5.11 Å². The fourth-order valence-corrected chi connectivity index (χ4v) is 1.11. The molecule has 68 valence electrons. The van der Waals surface area contributed by atoms with E-state index in [1.165, 1.54) is 0 Å². The highest BCUT2D eigenvalue weighted by molar-refractivity contribution is 5.37. The molecule has 0 saturated carbocycles. The molecule has 3 heteroatoms. The van der Waals surface area contributed by atoms with E-state index in [9.17, 15) is 0 Å². The molecule has 0 bridgehead atoms. The van der Waals surface area contributed by atoms with Gasteiger partial charge in [-0.05, 0) is 32.4 Å². The zero-order valence-corrected chi connectivity index (χ0v) is 7.59. The molecular weight excluding hydrogens is 152 g/mol. The number of rotatable bonds is 4. The molecule has 0 unspecified atom stereocenters. The van der Waals surface area contributed by atoms with E-state index in [2.05, 4.69) is 24.1 Å². The van der Waals surface area contributed by atoms with Crippen LogP contribution in [0.15, 0.2) is 18.3 Å². The predicted octanol–water partition coefficient (Wildman–Crippen LogP) is 1.59. The van der Waals surface area contributed by atoms with E-state index >= 15 is 0 Å². The molecule has 0 aliphatic rings. The SMILES string of the molecule is CC(C)(CCO)Nc1ccc[nH]1. The summed E-state index contributed by atoms with van der Waals surface area (Å²) in [6.07, 6.45) is 2.61. The normalized spacial score (nSPS) is 11.6. The van der Waals surface area contributed by atoms with Gasteiger partial charge in [0.2, 0.25) is 0 Å². The van der Waals surface area contributed by atoms with Gasteiger partial charge < -0.3 is 15.4 Å². The molecule has 0 saturated heterocycles. The third-order valence-corrected chi connectivity index (χ3v) is 1.81. The van der Waals surface area contributed by atoms with Crippen molar-refractivity contribution in [2.75, 3.05) is 11.9 Å². The van der Waals surface area contributed by atoms with E-state index in [1.807, 2.05) is 18.3 Å². The van der Waals surface area contributed by atoms with Gasteiger partial charge in [0.15, 0.2) is 0 Å². The van der Waals surface area contributed by atoms with E-state index < -0.39 is 0 Å². The maximum Gasteiger partial charge on any atom is 0.103 e. The second-order valence-corrected chi connectivity index (χ2v) is 3.57. The molecule has 0 atom stereocenters. The molecule has 0 spiro atoms. The fourth-order valence-electron chi connectivity index (χ4n) is 1.11. The zero-order valence-electron chi connectivity index (χ0n) is 7.59. The lowest BCUT2D eigenvalue weighted by Crippen LogP contribution is -2.31. The minimum atomic E-state index is -0.0559. The fraction of sp³-hybridized carbons (Fsp3) is 0.556. The molecule has 1 heterocycles. The molecular formula is C9H16N2O. The van der Waals surface area contributed by atoms with Gasteiger partial charge in [0, 0.05) is 18.3 Å². The Kier molecular flexibility index (Phi) is 2.76. The van der Waals surface area contributed by atoms with Crippen molar-refractivity contribution in [1.29, 1.82) is 0 Å². The maximum atomic E-state index is 8.78. The maximum absolute atomic E-state index is 8.78. The topological polar surface area (TPSA) is 48.0 Å². The third-order valence-electron chi connectivity index (χ3n) is 1.81. The van der Waals surface area contributed by atoms with Crippen molar-refractivity contribution in [3.8, 4) is 0 Å². The summed E-state index contributed by atoms with van der Waals surface area (Å²) in [4.78, 5) is 3.06. The predicted molar refractivity (Wildman–Crippen MR) is 50.2 cm³/mol. The Morgan fingerprint density at radius 1 is 1.58 bits per heavy atom. The average molecular weight is 168 g/mol. The van der Waals surface area contributed by atoms with Crippen LogP contribution in [0.25, 0.3) is 0 Å². The monoisotopic (exact) mass is 168 g/mol. The van der Waals surface area contributed by atoms with Gasteiger partial charge in [-0.1, -0.05) is 0 Å². The van der Waals surface area contributed by atoms with E-state index in [-0.39, 0.29) is 12.1 Å². The minimum absolute atomic E-state index is 0.0559. The number of hydrogen-bond donors (Lipinski definition) is 3. The molecule has 1 aromatic heterocycles. The molecule has 1 aromatic rings. The average Bonchev–Trinajstić information content (AvgIpc) is 2.38. The van der Waals surface area contributed by atoms with Crippen LogP contribution in [-0.4, -0.2) is 22.2 Å². The molecule has 0 fully saturated rings. The van der Waals surface area contributed by atoms with Crippen molar-refractivity contribution in [3.63, 3.8) is 0 Å². The summed E-state index contributed by atoms with van der Waals surface area (Å²) >= 11 is 0. The highest BCUT2D eigenvalue weighted by Crippen LogP contribution is 2.15. The lowest BCUT2D eigenvalue weighted by atomic mass is 10.0. The smallest absolute Gasteiger partial charge is 0.103 e. The number of aliphatic hydroxyl groups is 1. The first-order chi connectivity index (χ1) is 5.64. The van der Waals surface area contributed by atoms with Crippen LogP contribution in [-0.2, 0) is 0 Å². The molecule has 0 aromatic carbocycles. The third kappa shape index (κ3) is 2.58. The summed E-state index contributed by atoms with van der Waals surface area (Å²) in [6.45, 7) is 4.33. The van der Waals surface area contributed by atoms with Crippen molar-refractivity contribution in [2.24, 2.45) is 0 Å². The minimum Gasteiger partial charge on any atom is -0.396 e. The van der Waals surface area contributed by atoms with Gasteiger partial charge in [-0.3, -0.25) is 0 Å². The molecule has 0 aliphatic carbocycles. The van der Waals surface area contributed by atoms with Crippen molar-refractivity contribution >= 4 is 5.82 Å². The van der Waals surface area contributed by atoms with Crippen LogP contribution in [0.2, 0.25) is 0 Å². The zero-order chi connectivity index (χ0) is 9.03. The molecule has 3 N–H and O–H groups in total. The highest BCUT2D eigenvalue weighted by Gasteiger charge is 2.16. The number of aromatic nitrogens is 1. The summed E-state index contributed by atoms with van der Waals surface area (Å²) in [5.74, 6) is 0.994. The standard InChI is InChI=1S/C9H16N2O/c1-9(2,5-7-12)11-8-4-3-6-10-8/h3-4,6,10-12H,5,7H2,1-2H3. The van der Waals surface area contributed by atoms with Crippen LogP contribution in [0, 0.1) is 0 Å². The van der Waals surface area contributed by atoms with Crippen LogP contribution in [0.5, 0.6) is 0 Å². The lowest BCUT2D eigenvalue weighted by molar-refractivity contribution is 0.260. The number of nitrogens with one attached hydrogen (secondary N) is 2. The summed E-state index contributed by atoms with van der Waals surface area (Å²) in [6, 6.07) is 3.91. The summed E-state index contributed by atoms with van der Waals surface area (Å²) in [5, 5.41) is 12.1. The number of hydrogen-bond acceptors (Lipinski definition) is 2. The Morgan fingerprint density at radius 2 is 2.33 bits per heavy atom. The van der Waals surface area contributed by atoms with Gasteiger partial charge in [-0.2, -0.15) is 0 Å². The van der Waals surface area contributed by atoms with Crippen molar-refractivity contribution in [1.82, 2.24) is 4.98 Å². The molecule has 0 aliphatic heterocycles. The molecule has 12 heavy (non-hydrogen) atoms. The molecule has 0 amide bonds. The van der Waals surface area contributed by atoms with Gasteiger partial charge in [-0.25, -0.2) is 0 Å². The van der Waals surface area contributed by atoms with Crippen LogP contribution in [0.4, 0.5) is 5.82 Å². The van der Waals surface area contributed by atoms with Crippen LogP contribution in [0.3, 0.4) is 0 Å². The van der Waals surface area contributed by atoms with Crippen LogP contribution < -0.4 is 5.32 Å². The van der Waals surface area contributed by atoms with E-state index in [1.54, 1.807) is 0 Å². The second kappa shape index (κ2) is 3.63. The van der Waals surface area contributed by atoms with E-state index in [0.29, 0.717) is 0 Å². The van der Waals surface area contributed by atoms with Crippen LogP contribution >= 0.6 is 0 Å². The summed E-state index contributed by atoms with van der Waals surface area (Å²) in [7, 11) is 0. The Balaban J connectivity index is 2.50. The number of aliphatic hydroxyl groups excluding tert-OH is 1. The quantitative estimate of drug-likeness (QED) is 0.639. The number of H-pyrrole nitrogens is 1. The van der Waals surface area contributed by atoms with Crippen molar-refractivity contribution in [2.45, 2.75) is 25.8 Å². The molecule has 0 radical (unpaired) electrons. The first kappa shape index (κ1) is 9.13. The van der Waals surface area contributed by atoms with Gasteiger partial charge >= 0.3 is 0 Å². The van der Waals surface area contributed by atoms with E-state index in [0.717, 1.165) is 12.2 Å². The first-order valence-corrected chi connectivity index (χ1v) is 4.16. The highest BCUT2D eigenvalue weighted by atomic mass is 16.3. The first-order valence-electron chi connectivity index (χ1n) is 4.16. The van der Waals surface area contributed by atoms with Gasteiger partial charge in [0.05, 0.1) is 0 Å². The summed E-state index contributed by atoms with van der Waals surface area (Å²) in [5.41, 5.74) is -0.0559.